The summed E-state index contributed by atoms with van der Waals surface area (Å²) < 4.78 is 40.6. The van der Waals surface area contributed by atoms with Gasteiger partial charge in [0.2, 0.25) is 0 Å². The molecule has 1 aromatic carbocycles. The molecule has 0 saturated carbocycles. The Labute approximate surface area is 189 Å². The number of hydrogen-bond acceptors (Lipinski definition) is 5. The number of pyridine rings is 1. The van der Waals surface area contributed by atoms with Gasteiger partial charge in [-0.15, -0.1) is 0 Å². The molecule has 0 radical (unpaired) electrons. The van der Waals surface area contributed by atoms with E-state index in [0.29, 0.717) is 6.42 Å². The van der Waals surface area contributed by atoms with Gasteiger partial charge in [0.1, 0.15) is 12.1 Å². The summed E-state index contributed by atoms with van der Waals surface area (Å²) in [7, 11) is 0. The molecule has 2 aromatic heterocycles. The van der Waals surface area contributed by atoms with Crippen molar-refractivity contribution in [3.63, 3.8) is 0 Å². The Morgan fingerprint density at radius 3 is 2.61 bits per heavy atom. The molecule has 2 aliphatic heterocycles. The van der Waals surface area contributed by atoms with Crippen molar-refractivity contribution in [2.24, 2.45) is 5.92 Å². The van der Waals surface area contributed by atoms with Crippen molar-refractivity contribution in [3.05, 3.63) is 53.3 Å². The second-order valence-corrected chi connectivity index (χ2v) is 9.12. The van der Waals surface area contributed by atoms with Crippen LogP contribution in [0.1, 0.15) is 42.5 Å². The van der Waals surface area contributed by atoms with Crippen molar-refractivity contribution in [2.75, 3.05) is 24.5 Å². The number of halogens is 3. The van der Waals surface area contributed by atoms with Crippen LogP contribution in [0.25, 0.3) is 10.9 Å². The van der Waals surface area contributed by atoms with E-state index in [0.717, 1.165) is 65.6 Å². The van der Waals surface area contributed by atoms with Crippen LogP contribution in [0.4, 0.5) is 19.0 Å². The van der Waals surface area contributed by atoms with Gasteiger partial charge in [-0.05, 0) is 55.0 Å². The molecular weight excluding hydrogens is 431 g/mol. The maximum Gasteiger partial charge on any atom is 0.401 e. The third-order valence-electron chi connectivity index (χ3n) is 6.97. The number of rotatable bonds is 4. The number of fused-ring (bicyclic) bond motifs is 3. The van der Waals surface area contributed by atoms with Crippen LogP contribution in [0.5, 0.6) is 0 Å². The van der Waals surface area contributed by atoms with Gasteiger partial charge in [0.15, 0.2) is 0 Å². The quantitative estimate of drug-likeness (QED) is 0.593. The highest BCUT2D eigenvalue weighted by atomic mass is 19.4. The van der Waals surface area contributed by atoms with Gasteiger partial charge in [0.25, 0.3) is 0 Å². The summed E-state index contributed by atoms with van der Waals surface area (Å²) >= 11 is 0. The van der Waals surface area contributed by atoms with Crippen molar-refractivity contribution in [2.45, 2.75) is 44.4 Å². The summed E-state index contributed by atoms with van der Waals surface area (Å²) in [5.74, 6) is 0.885. The zero-order chi connectivity index (χ0) is 23.2. The van der Waals surface area contributed by atoms with Gasteiger partial charge in [-0.3, -0.25) is 10.00 Å². The number of aromatic nitrogens is 3. The van der Waals surface area contributed by atoms with Gasteiger partial charge >= 0.3 is 6.18 Å². The van der Waals surface area contributed by atoms with E-state index >= 15 is 0 Å². The van der Waals surface area contributed by atoms with E-state index < -0.39 is 18.8 Å². The van der Waals surface area contributed by atoms with Crippen LogP contribution in [0.2, 0.25) is 0 Å². The van der Waals surface area contributed by atoms with E-state index in [-0.39, 0.29) is 12.0 Å². The van der Waals surface area contributed by atoms with E-state index in [1.807, 2.05) is 31.2 Å². The number of hydrogen-bond donors (Lipinski definition) is 1. The highest BCUT2D eigenvalue weighted by molar-refractivity contribution is 5.83. The molecule has 174 valence electrons. The van der Waals surface area contributed by atoms with E-state index in [4.69, 9.17) is 0 Å². The first-order chi connectivity index (χ1) is 15.8. The van der Waals surface area contributed by atoms with Crippen molar-refractivity contribution < 1.29 is 18.0 Å². The Bertz CT molecular complexity index is 1140. The maximum absolute atomic E-state index is 13.5. The summed E-state index contributed by atoms with van der Waals surface area (Å²) in [5.41, 5.74) is 3.53. The highest BCUT2D eigenvalue weighted by Gasteiger charge is 2.41. The lowest BCUT2D eigenvalue weighted by Crippen LogP contribution is -2.47. The van der Waals surface area contributed by atoms with Gasteiger partial charge < -0.3 is 9.69 Å². The molecule has 2 aliphatic rings. The average molecular weight is 458 g/mol. The minimum atomic E-state index is -4.31. The predicted molar refractivity (Wildman–Crippen MR) is 119 cm³/mol. The first-order valence-electron chi connectivity index (χ1n) is 11.3. The van der Waals surface area contributed by atoms with E-state index in [9.17, 15) is 18.0 Å². The van der Waals surface area contributed by atoms with E-state index in [1.165, 1.54) is 4.90 Å². The number of carbonyl (C=O) groups is 1. The van der Waals surface area contributed by atoms with Gasteiger partial charge in [0.05, 0.1) is 24.3 Å². The normalized spacial score (nSPS) is 22.5. The maximum atomic E-state index is 13.5. The first kappa shape index (κ1) is 21.9. The lowest BCUT2D eigenvalue weighted by Gasteiger charge is -2.42. The summed E-state index contributed by atoms with van der Waals surface area (Å²) in [5, 5.41) is 8.04. The van der Waals surface area contributed by atoms with Crippen LogP contribution in [0, 0.1) is 5.92 Å². The van der Waals surface area contributed by atoms with Crippen LogP contribution in [-0.2, 0) is 11.2 Å². The van der Waals surface area contributed by atoms with Gasteiger partial charge in [-0.25, -0.2) is 4.98 Å². The number of anilines is 1. The fourth-order valence-corrected chi connectivity index (χ4v) is 5.26. The summed E-state index contributed by atoms with van der Waals surface area (Å²) in [6.45, 7) is 2.36. The molecule has 5 rings (SSSR count). The number of H-pyrrole nitrogens is 1. The molecular formula is C24H26F3N5O. The van der Waals surface area contributed by atoms with Crippen LogP contribution in [0.15, 0.2) is 36.7 Å². The molecule has 0 unspecified atom stereocenters. The van der Waals surface area contributed by atoms with E-state index in [2.05, 4.69) is 20.1 Å². The fourth-order valence-electron chi connectivity index (χ4n) is 5.26. The van der Waals surface area contributed by atoms with Gasteiger partial charge in [-0.2, -0.15) is 18.3 Å². The molecule has 0 bridgehead atoms. The van der Waals surface area contributed by atoms with Crippen molar-refractivity contribution in [1.82, 2.24) is 20.1 Å². The van der Waals surface area contributed by atoms with Crippen molar-refractivity contribution in [1.29, 1.82) is 0 Å². The lowest BCUT2D eigenvalue weighted by molar-refractivity contribution is -0.155. The monoisotopic (exact) mass is 457 g/mol. The first-order valence-corrected chi connectivity index (χ1v) is 11.3. The molecule has 1 fully saturated rings. The molecule has 3 aromatic rings. The Kier molecular flexibility index (Phi) is 5.60. The average Bonchev–Trinajstić information content (AvgIpc) is 3.29. The molecule has 0 amide bonds. The number of carbonyl (C=O) groups excluding carboxylic acids is 1. The van der Waals surface area contributed by atoms with Crippen molar-refractivity contribution >= 4 is 23.0 Å². The molecule has 9 heteroatoms. The smallest absolute Gasteiger partial charge is 0.357 e. The standard InChI is InChI=1S/C24H26F3N5O/c1-15-10-19-18(3-4-21-20(19)12-29-30-21)23(32(15)14-24(25,26)27)17-2-5-22(28-11-17)31-8-6-16(13-33)7-9-31/h2-5,11-13,15-16,23H,6-10,14H2,1H3,(H,29,30)/t15-,23-/m1/s1. The molecule has 2 atom stereocenters. The summed E-state index contributed by atoms with van der Waals surface area (Å²) in [6.07, 6.45) is 2.27. The third-order valence-corrected chi connectivity index (χ3v) is 6.97. The molecule has 0 aliphatic carbocycles. The third kappa shape index (κ3) is 4.21. The van der Waals surface area contributed by atoms with E-state index in [1.54, 1.807) is 12.4 Å². The Hall–Kier alpha value is -2.94. The van der Waals surface area contributed by atoms with Crippen LogP contribution in [0.3, 0.4) is 0 Å². The molecule has 1 saturated heterocycles. The fraction of sp³-hybridized carbons (Fsp3) is 0.458. The number of benzene rings is 1. The molecule has 6 nitrogen and oxygen atoms in total. The highest BCUT2D eigenvalue weighted by Crippen LogP contribution is 2.41. The van der Waals surface area contributed by atoms with Crippen LogP contribution < -0.4 is 4.90 Å². The molecule has 0 spiro atoms. The summed E-state index contributed by atoms with van der Waals surface area (Å²) in [6, 6.07) is 6.73. The van der Waals surface area contributed by atoms with Crippen molar-refractivity contribution in [3.8, 4) is 0 Å². The van der Waals surface area contributed by atoms with Gasteiger partial charge in [0, 0.05) is 36.6 Å². The molecule has 4 heterocycles. The van der Waals surface area contributed by atoms with Gasteiger partial charge in [-0.1, -0.05) is 12.1 Å². The number of nitrogens with zero attached hydrogens (tertiary/aromatic N) is 4. The SMILES string of the molecule is C[C@@H]1Cc2c(ccc3[nH]ncc23)[C@@H](c2ccc(N3CCC(C=O)CC3)nc2)N1CC(F)(F)F. The minimum Gasteiger partial charge on any atom is -0.357 e. The lowest BCUT2D eigenvalue weighted by atomic mass is 9.84. The zero-order valence-corrected chi connectivity index (χ0v) is 18.3. The zero-order valence-electron chi connectivity index (χ0n) is 18.3. The van der Waals surface area contributed by atoms with Crippen LogP contribution >= 0.6 is 0 Å². The molecule has 1 N–H and O–H groups in total. The predicted octanol–water partition coefficient (Wildman–Crippen LogP) is 4.27. The number of piperidine rings is 1. The second kappa shape index (κ2) is 8.44. The number of aldehydes is 1. The minimum absolute atomic E-state index is 0.0939. The largest absolute Gasteiger partial charge is 0.401 e. The Morgan fingerprint density at radius 1 is 1.15 bits per heavy atom. The molecule has 33 heavy (non-hydrogen) atoms. The number of aromatic amines is 1. The Balaban J connectivity index is 1.51. The Morgan fingerprint density at radius 2 is 1.94 bits per heavy atom. The number of nitrogens with one attached hydrogen (secondary N) is 1. The van der Waals surface area contributed by atoms with Crippen LogP contribution in [-0.4, -0.2) is 58.2 Å². The topological polar surface area (TPSA) is 65.1 Å². The summed E-state index contributed by atoms with van der Waals surface area (Å²) in [4.78, 5) is 19.3. The second-order valence-electron chi connectivity index (χ2n) is 9.12. The number of alkyl halides is 3.